The molecule has 1 aromatic carbocycles. The van der Waals surface area contributed by atoms with E-state index in [1.54, 1.807) is 10.7 Å². The van der Waals surface area contributed by atoms with Crippen molar-refractivity contribution in [2.75, 3.05) is 12.8 Å². The van der Waals surface area contributed by atoms with Crippen LogP contribution in [0.5, 0.6) is 5.75 Å². The van der Waals surface area contributed by atoms with E-state index in [0.717, 1.165) is 5.52 Å². The highest BCUT2D eigenvalue weighted by Crippen LogP contribution is 2.34. The summed E-state index contributed by atoms with van der Waals surface area (Å²) in [4.78, 5) is 10.4. The van der Waals surface area contributed by atoms with Gasteiger partial charge in [-0.2, -0.15) is 5.10 Å². The number of anilines is 1. The number of nitro benzene ring substituents is 1. The van der Waals surface area contributed by atoms with Gasteiger partial charge in [0, 0.05) is 18.7 Å². The van der Waals surface area contributed by atoms with Crippen LogP contribution in [0.25, 0.3) is 10.9 Å². The molecule has 0 spiro atoms. The number of hydrogen-bond acceptors (Lipinski definition) is 5. The Morgan fingerprint density at radius 1 is 1.59 bits per heavy atom. The van der Waals surface area contributed by atoms with Gasteiger partial charge in [0.25, 0.3) is 0 Å². The third kappa shape index (κ3) is 1.65. The van der Waals surface area contributed by atoms with Crippen molar-refractivity contribution in [2.45, 2.75) is 13.5 Å². The molecular formula is C10H12N4O3. The van der Waals surface area contributed by atoms with Crippen LogP contribution >= 0.6 is 0 Å². The molecule has 7 nitrogen and oxygen atoms in total. The number of rotatable bonds is 3. The first-order chi connectivity index (χ1) is 8.08. The lowest BCUT2D eigenvalue weighted by molar-refractivity contribution is -0.385. The first kappa shape index (κ1) is 11.2. The van der Waals surface area contributed by atoms with Crippen LogP contribution in [0.3, 0.4) is 0 Å². The summed E-state index contributed by atoms with van der Waals surface area (Å²) < 4.78 is 6.68. The van der Waals surface area contributed by atoms with Gasteiger partial charge in [-0.15, -0.1) is 0 Å². The van der Waals surface area contributed by atoms with Crippen molar-refractivity contribution < 1.29 is 9.66 Å². The maximum atomic E-state index is 10.9. The molecule has 0 radical (unpaired) electrons. The maximum Gasteiger partial charge on any atom is 0.311 e. The number of ether oxygens (including phenoxy) is 1. The van der Waals surface area contributed by atoms with Crippen LogP contribution in [0.1, 0.15) is 6.92 Å². The SMILES string of the molecule is CCn1nc(N)c2cc([N+](=O)[O-])c(OC)cc21. The number of nitrogens with zero attached hydrogens (tertiary/aromatic N) is 3. The Bertz CT molecular complexity index is 591. The topological polar surface area (TPSA) is 96.2 Å². The molecule has 2 N–H and O–H groups in total. The predicted molar refractivity (Wildman–Crippen MR) is 63.0 cm³/mol. The first-order valence-electron chi connectivity index (χ1n) is 5.07. The van der Waals surface area contributed by atoms with E-state index in [0.29, 0.717) is 11.9 Å². The molecule has 17 heavy (non-hydrogen) atoms. The minimum absolute atomic E-state index is 0.109. The standard InChI is InChI=1S/C10H12N4O3/c1-3-13-7-5-9(17-2)8(14(15)16)4-6(7)10(11)12-13/h4-5H,3H2,1-2H3,(H2,11,12). The van der Waals surface area contributed by atoms with Crippen LogP contribution in [-0.4, -0.2) is 21.8 Å². The smallest absolute Gasteiger partial charge is 0.311 e. The largest absolute Gasteiger partial charge is 0.490 e. The number of methoxy groups -OCH3 is 1. The third-order valence-electron chi connectivity index (χ3n) is 2.58. The number of aromatic nitrogens is 2. The average Bonchev–Trinajstić information content (AvgIpc) is 2.64. The van der Waals surface area contributed by atoms with E-state index in [1.165, 1.54) is 13.2 Å². The molecule has 1 heterocycles. The van der Waals surface area contributed by atoms with E-state index < -0.39 is 4.92 Å². The number of benzene rings is 1. The second kappa shape index (κ2) is 3.93. The summed E-state index contributed by atoms with van der Waals surface area (Å²) in [6, 6.07) is 2.98. The van der Waals surface area contributed by atoms with Gasteiger partial charge in [-0.3, -0.25) is 14.8 Å². The number of nitro groups is 1. The van der Waals surface area contributed by atoms with Crippen LogP contribution in [0.4, 0.5) is 11.5 Å². The highest BCUT2D eigenvalue weighted by molar-refractivity contribution is 5.92. The van der Waals surface area contributed by atoms with Gasteiger partial charge in [0.15, 0.2) is 11.6 Å². The lowest BCUT2D eigenvalue weighted by atomic mass is 10.2. The molecule has 1 aromatic heterocycles. The molecule has 0 atom stereocenters. The summed E-state index contributed by atoms with van der Waals surface area (Å²) in [6.07, 6.45) is 0. The van der Waals surface area contributed by atoms with Crippen molar-refractivity contribution in [3.05, 3.63) is 22.2 Å². The van der Waals surface area contributed by atoms with Gasteiger partial charge < -0.3 is 10.5 Å². The molecule has 0 bridgehead atoms. The summed E-state index contributed by atoms with van der Waals surface area (Å²) in [5.41, 5.74) is 6.34. The zero-order chi connectivity index (χ0) is 12.6. The number of nitrogen functional groups attached to an aromatic ring is 1. The number of hydrogen-bond donors (Lipinski definition) is 1. The fraction of sp³-hybridized carbons (Fsp3) is 0.300. The molecule has 2 aromatic rings. The van der Waals surface area contributed by atoms with E-state index in [-0.39, 0.29) is 17.3 Å². The van der Waals surface area contributed by atoms with Crippen molar-refractivity contribution in [1.82, 2.24) is 9.78 Å². The quantitative estimate of drug-likeness (QED) is 0.644. The van der Waals surface area contributed by atoms with Crippen LogP contribution in [0, 0.1) is 10.1 Å². The monoisotopic (exact) mass is 236 g/mol. The minimum atomic E-state index is -0.499. The predicted octanol–water partition coefficient (Wildman–Crippen LogP) is 1.56. The Morgan fingerprint density at radius 2 is 2.29 bits per heavy atom. The van der Waals surface area contributed by atoms with Crippen LogP contribution in [0.2, 0.25) is 0 Å². The normalized spacial score (nSPS) is 10.7. The van der Waals surface area contributed by atoms with E-state index in [4.69, 9.17) is 10.5 Å². The lowest BCUT2D eigenvalue weighted by Crippen LogP contribution is -1.98. The first-order valence-corrected chi connectivity index (χ1v) is 5.07. The van der Waals surface area contributed by atoms with Crippen LogP contribution in [-0.2, 0) is 6.54 Å². The fourth-order valence-corrected chi connectivity index (χ4v) is 1.76. The molecule has 0 unspecified atom stereocenters. The Labute approximate surface area is 96.9 Å². The molecule has 0 saturated carbocycles. The van der Waals surface area contributed by atoms with Gasteiger partial charge in [-0.05, 0) is 6.92 Å². The highest BCUT2D eigenvalue weighted by Gasteiger charge is 2.19. The van der Waals surface area contributed by atoms with Gasteiger partial charge in [-0.25, -0.2) is 0 Å². The molecule has 0 amide bonds. The molecule has 0 aliphatic heterocycles. The molecule has 90 valence electrons. The number of aryl methyl sites for hydroxylation is 1. The zero-order valence-corrected chi connectivity index (χ0v) is 9.51. The van der Waals surface area contributed by atoms with Crippen molar-refractivity contribution in [1.29, 1.82) is 0 Å². The van der Waals surface area contributed by atoms with E-state index in [9.17, 15) is 10.1 Å². The van der Waals surface area contributed by atoms with Crippen molar-refractivity contribution in [3.8, 4) is 5.75 Å². The second-order valence-corrected chi connectivity index (χ2v) is 3.50. The average molecular weight is 236 g/mol. The number of nitrogens with two attached hydrogens (primary N) is 1. The maximum absolute atomic E-state index is 10.9. The Hall–Kier alpha value is -2.31. The molecule has 7 heteroatoms. The molecule has 0 aliphatic carbocycles. The summed E-state index contributed by atoms with van der Waals surface area (Å²) in [5, 5.41) is 15.5. The van der Waals surface area contributed by atoms with E-state index in [1.807, 2.05) is 6.92 Å². The van der Waals surface area contributed by atoms with E-state index >= 15 is 0 Å². The van der Waals surface area contributed by atoms with Gasteiger partial charge in [0.2, 0.25) is 0 Å². The van der Waals surface area contributed by atoms with Gasteiger partial charge >= 0.3 is 5.69 Å². The van der Waals surface area contributed by atoms with Gasteiger partial charge in [-0.1, -0.05) is 0 Å². The van der Waals surface area contributed by atoms with Crippen LogP contribution in [0.15, 0.2) is 12.1 Å². The summed E-state index contributed by atoms with van der Waals surface area (Å²) in [5.74, 6) is 0.490. The summed E-state index contributed by atoms with van der Waals surface area (Å²) in [7, 11) is 1.39. The van der Waals surface area contributed by atoms with Crippen LogP contribution < -0.4 is 10.5 Å². The zero-order valence-electron chi connectivity index (χ0n) is 9.51. The molecule has 2 rings (SSSR count). The molecule has 0 aliphatic rings. The Morgan fingerprint density at radius 3 is 2.82 bits per heavy atom. The van der Waals surface area contributed by atoms with Gasteiger partial charge in [0.1, 0.15) is 0 Å². The molecular weight excluding hydrogens is 224 g/mol. The minimum Gasteiger partial charge on any atom is -0.490 e. The van der Waals surface area contributed by atoms with E-state index in [2.05, 4.69) is 5.10 Å². The Kier molecular flexibility index (Phi) is 2.58. The molecule has 0 fully saturated rings. The Balaban J connectivity index is 2.80. The number of fused-ring (bicyclic) bond motifs is 1. The lowest BCUT2D eigenvalue weighted by Gasteiger charge is -2.03. The van der Waals surface area contributed by atoms with Gasteiger partial charge in [0.05, 0.1) is 22.9 Å². The van der Waals surface area contributed by atoms with Crippen molar-refractivity contribution in [3.63, 3.8) is 0 Å². The highest BCUT2D eigenvalue weighted by atomic mass is 16.6. The summed E-state index contributed by atoms with van der Waals surface area (Å²) in [6.45, 7) is 2.55. The molecule has 0 saturated heterocycles. The third-order valence-corrected chi connectivity index (χ3v) is 2.58. The van der Waals surface area contributed by atoms with Crippen molar-refractivity contribution >= 4 is 22.4 Å². The second-order valence-electron chi connectivity index (χ2n) is 3.50. The summed E-state index contributed by atoms with van der Waals surface area (Å²) >= 11 is 0. The van der Waals surface area contributed by atoms with Crippen molar-refractivity contribution in [2.24, 2.45) is 0 Å². The fourth-order valence-electron chi connectivity index (χ4n) is 1.76.